The monoisotopic (exact) mass is 345 g/mol. The van der Waals surface area contributed by atoms with Gasteiger partial charge in [-0.05, 0) is 23.8 Å². The maximum absolute atomic E-state index is 13.6. The summed E-state index contributed by atoms with van der Waals surface area (Å²) < 4.78 is 18.8. The highest BCUT2D eigenvalue weighted by atomic mass is 32.1. The number of aromatic nitrogens is 1. The summed E-state index contributed by atoms with van der Waals surface area (Å²) in [5.41, 5.74) is 0.610. The zero-order valence-electron chi connectivity index (χ0n) is 12.8. The molecule has 3 rings (SSSR count). The average molecular weight is 345 g/mol. The van der Waals surface area contributed by atoms with Gasteiger partial charge in [0, 0.05) is 17.5 Å². The number of halogens is 1. The summed E-state index contributed by atoms with van der Waals surface area (Å²) in [6, 6.07) is 10.3. The molecule has 0 aliphatic heterocycles. The Morgan fingerprint density at radius 3 is 2.92 bits per heavy atom. The van der Waals surface area contributed by atoms with E-state index in [0.29, 0.717) is 23.7 Å². The Labute approximate surface area is 142 Å². The van der Waals surface area contributed by atoms with E-state index in [1.807, 2.05) is 6.07 Å². The Bertz CT molecular complexity index is 802. The first-order valence-corrected chi connectivity index (χ1v) is 8.23. The van der Waals surface area contributed by atoms with Crippen LogP contribution in [0.3, 0.4) is 0 Å². The van der Waals surface area contributed by atoms with Gasteiger partial charge in [0.2, 0.25) is 5.91 Å². The molecule has 2 N–H and O–H groups in total. The van der Waals surface area contributed by atoms with Gasteiger partial charge in [-0.3, -0.25) is 4.79 Å². The van der Waals surface area contributed by atoms with Crippen LogP contribution in [0.4, 0.5) is 9.52 Å². The molecule has 0 atom stereocenters. The van der Waals surface area contributed by atoms with E-state index in [1.165, 1.54) is 17.4 Å². The molecule has 0 aliphatic rings. The highest BCUT2D eigenvalue weighted by molar-refractivity contribution is 7.15. The van der Waals surface area contributed by atoms with Crippen LogP contribution in [0.25, 0.3) is 0 Å². The van der Waals surface area contributed by atoms with Crippen molar-refractivity contribution in [2.45, 2.75) is 13.0 Å². The molecule has 2 heterocycles. The summed E-state index contributed by atoms with van der Waals surface area (Å²) in [5, 5.41) is 6.21. The van der Waals surface area contributed by atoms with Gasteiger partial charge in [-0.2, -0.15) is 0 Å². The summed E-state index contributed by atoms with van der Waals surface area (Å²) in [5.74, 6) is 0.344. The van der Waals surface area contributed by atoms with Crippen molar-refractivity contribution in [1.82, 2.24) is 10.3 Å². The van der Waals surface area contributed by atoms with E-state index >= 15 is 0 Å². The minimum atomic E-state index is -0.237. The highest BCUT2D eigenvalue weighted by Gasteiger charge is 2.09. The molecule has 1 aromatic carbocycles. The van der Waals surface area contributed by atoms with Gasteiger partial charge in [-0.15, -0.1) is 11.3 Å². The molecule has 1 amide bonds. The number of rotatable bonds is 7. The predicted molar refractivity (Wildman–Crippen MR) is 90.4 cm³/mol. The molecule has 0 radical (unpaired) electrons. The smallest absolute Gasteiger partial charge is 0.240 e. The molecular formula is C17H16FN3O2S. The Hall–Kier alpha value is -2.51. The number of carbonyl (C=O) groups is 1. The second-order valence-corrected chi connectivity index (χ2v) is 6.25. The first kappa shape index (κ1) is 16.4. The van der Waals surface area contributed by atoms with E-state index in [9.17, 15) is 9.18 Å². The predicted octanol–water partition coefficient (Wildman–Crippen LogP) is 3.19. The molecular weight excluding hydrogens is 329 g/mol. The van der Waals surface area contributed by atoms with Crippen LogP contribution >= 0.6 is 11.3 Å². The summed E-state index contributed by atoms with van der Waals surface area (Å²) in [6.07, 6.45) is 3.70. The van der Waals surface area contributed by atoms with Crippen molar-refractivity contribution >= 4 is 22.4 Å². The van der Waals surface area contributed by atoms with Crippen LogP contribution in [-0.4, -0.2) is 17.4 Å². The second-order valence-electron chi connectivity index (χ2n) is 5.13. The molecule has 7 heteroatoms. The zero-order chi connectivity index (χ0) is 16.8. The van der Waals surface area contributed by atoms with Gasteiger partial charge in [-0.25, -0.2) is 9.37 Å². The van der Waals surface area contributed by atoms with Crippen molar-refractivity contribution in [1.29, 1.82) is 0 Å². The van der Waals surface area contributed by atoms with E-state index < -0.39 is 0 Å². The van der Waals surface area contributed by atoms with Crippen LogP contribution < -0.4 is 10.6 Å². The van der Waals surface area contributed by atoms with Gasteiger partial charge >= 0.3 is 0 Å². The third-order valence-electron chi connectivity index (χ3n) is 3.29. The van der Waals surface area contributed by atoms with E-state index in [4.69, 9.17) is 4.42 Å². The molecule has 0 saturated heterocycles. The minimum absolute atomic E-state index is 0.156. The third kappa shape index (κ3) is 4.50. The summed E-state index contributed by atoms with van der Waals surface area (Å²) in [4.78, 5) is 16.9. The number of hydrogen-bond donors (Lipinski definition) is 2. The van der Waals surface area contributed by atoms with Crippen molar-refractivity contribution in [2.75, 3.05) is 11.9 Å². The van der Waals surface area contributed by atoms with Crippen LogP contribution in [0.1, 0.15) is 16.2 Å². The summed E-state index contributed by atoms with van der Waals surface area (Å²) in [6.45, 7) is 0.639. The molecule has 5 nitrogen and oxygen atoms in total. The first-order valence-electron chi connectivity index (χ1n) is 7.42. The zero-order valence-corrected chi connectivity index (χ0v) is 13.6. The van der Waals surface area contributed by atoms with Crippen LogP contribution in [0.5, 0.6) is 0 Å². The SMILES string of the molecule is O=C(CNCc1ccco1)Nc1ncc(Cc2ccccc2F)s1. The van der Waals surface area contributed by atoms with Crippen molar-refractivity contribution < 1.29 is 13.6 Å². The van der Waals surface area contributed by atoms with Crippen molar-refractivity contribution in [3.8, 4) is 0 Å². The van der Waals surface area contributed by atoms with Crippen LogP contribution in [0.15, 0.2) is 53.3 Å². The first-order chi connectivity index (χ1) is 11.7. The molecule has 0 unspecified atom stereocenters. The highest BCUT2D eigenvalue weighted by Crippen LogP contribution is 2.22. The normalized spacial score (nSPS) is 10.7. The Balaban J connectivity index is 1.48. The number of nitrogens with one attached hydrogen (secondary N) is 2. The largest absolute Gasteiger partial charge is 0.468 e. The van der Waals surface area contributed by atoms with Gasteiger partial charge in [0.15, 0.2) is 5.13 Å². The lowest BCUT2D eigenvalue weighted by Crippen LogP contribution is -2.27. The maximum Gasteiger partial charge on any atom is 0.240 e. The topological polar surface area (TPSA) is 67.2 Å². The number of nitrogens with zero attached hydrogens (tertiary/aromatic N) is 1. The van der Waals surface area contributed by atoms with Crippen LogP contribution in [0.2, 0.25) is 0 Å². The molecule has 0 saturated carbocycles. The van der Waals surface area contributed by atoms with E-state index in [2.05, 4.69) is 15.6 Å². The quantitative estimate of drug-likeness (QED) is 0.690. The maximum atomic E-state index is 13.6. The van der Waals surface area contributed by atoms with Crippen molar-refractivity contribution in [3.05, 3.63) is 70.9 Å². The Kier molecular flexibility index (Phi) is 5.35. The summed E-state index contributed by atoms with van der Waals surface area (Å²) >= 11 is 1.34. The molecule has 0 fully saturated rings. The summed E-state index contributed by atoms with van der Waals surface area (Å²) in [7, 11) is 0. The van der Waals surface area contributed by atoms with E-state index in [0.717, 1.165) is 10.6 Å². The van der Waals surface area contributed by atoms with E-state index in [1.54, 1.807) is 36.7 Å². The minimum Gasteiger partial charge on any atom is -0.468 e. The molecule has 3 aromatic rings. The van der Waals surface area contributed by atoms with Gasteiger partial charge in [-0.1, -0.05) is 18.2 Å². The molecule has 0 spiro atoms. The standard InChI is InChI=1S/C17H16FN3O2S/c18-15-6-2-1-4-12(15)8-14-10-20-17(24-14)21-16(22)11-19-9-13-5-3-7-23-13/h1-7,10,19H,8-9,11H2,(H,20,21,22). The lowest BCUT2D eigenvalue weighted by molar-refractivity contribution is -0.115. The van der Waals surface area contributed by atoms with Gasteiger partial charge in [0.05, 0.1) is 19.4 Å². The number of furan rings is 1. The molecule has 24 heavy (non-hydrogen) atoms. The fourth-order valence-electron chi connectivity index (χ4n) is 2.15. The number of benzene rings is 1. The number of hydrogen-bond acceptors (Lipinski definition) is 5. The van der Waals surface area contributed by atoms with Crippen molar-refractivity contribution in [2.24, 2.45) is 0 Å². The third-order valence-corrected chi connectivity index (χ3v) is 4.20. The number of anilines is 1. The molecule has 124 valence electrons. The second kappa shape index (κ2) is 7.85. The molecule has 0 bridgehead atoms. The number of thiazole rings is 1. The lowest BCUT2D eigenvalue weighted by Gasteiger charge is -2.03. The van der Waals surface area contributed by atoms with Gasteiger partial charge in [0.25, 0.3) is 0 Å². The number of carbonyl (C=O) groups excluding carboxylic acids is 1. The lowest BCUT2D eigenvalue weighted by atomic mass is 10.1. The fourth-order valence-corrected chi connectivity index (χ4v) is 3.00. The fraction of sp³-hybridized carbons (Fsp3) is 0.176. The van der Waals surface area contributed by atoms with Crippen LogP contribution in [0, 0.1) is 5.82 Å². The average Bonchev–Trinajstić information content (AvgIpc) is 3.22. The molecule has 0 aliphatic carbocycles. The number of amides is 1. The molecule has 2 aromatic heterocycles. The van der Waals surface area contributed by atoms with Gasteiger partial charge < -0.3 is 15.1 Å². The Morgan fingerprint density at radius 2 is 2.12 bits per heavy atom. The van der Waals surface area contributed by atoms with Crippen LogP contribution in [-0.2, 0) is 17.8 Å². The van der Waals surface area contributed by atoms with E-state index in [-0.39, 0.29) is 18.3 Å². The van der Waals surface area contributed by atoms with Gasteiger partial charge in [0.1, 0.15) is 11.6 Å². The Morgan fingerprint density at radius 1 is 1.25 bits per heavy atom. The van der Waals surface area contributed by atoms with Crippen molar-refractivity contribution in [3.63, 3.8) is 0 Å².